The second kappa shape index (κ2) is 6.24. The van der Waals surface area contributed by atoms with Crippen LogP contribution in [-0.4, -0.2) is 13.1 Å². The molecule has 2 rings (SSSR count). The van der Waals surface area contributed by atoms with Crippen LogP contribution < -0.4 is 4.90 Å². The van der Waals surface area contributed by atoms with E-state index in [-0.39, 0.29) is 0 Å². The van der Waals surface area contributed by atoms with Crippen molar-refractivity contribution in [1.29, 1.82) is 0 Å². The van der Waals surface area contributed by atoms with E-state index in [0.717, 1.165) is 13.1 Å². The van der Waals surface area contributed by atoms with Crippen molar-refractivity contribution in [3.63, 3.8) is 0 Å². The summed E-state index contributed by atoms with van der Waals surface area (Å²) in [6.45, 7) is 10.3. The predicted octanol–water partition coefficient (Wildman–Crippen LogP) is 4.84. The maximum Gasteiger partial charge on any atom is 0.0366 e. The van der Waals surface area contributed by atoms with Crippen molar-refractivity contribution < 1.29 is 0 Å². The summed E-state index contributed by atoms with van der Waals surface area (Å²) >= 11 is 0. The van der Waals surface area contributed by atoms with Crippen LogP contribution in [-0.2, 0) is 0 Å². The Morgan fingerprint density at radius 3 is 2.16 bits per heavy atom. The molecule has 1 nitrogen and oxygen atoms in total. The molecule has 0 heterocycles. The van der Waals surface area contributed by atoms with Gasteiger partial charge in [-0.3, -0.25) is 0 Å². The van der Waals surface area contributed by atoms with Crippen molar-refractivity contribution in [3.8, 4) is 11.1 Å². The molecule has 0 radical (unpaired) electrons. The predicted molar refractivity (Wildman–Crippen MR) is 85.5 cm³/mol. The molecule has 0 saturated carbocycles. The highest BCUT2D eigenvalue weighted by Gasteiger charge is 2.04. The Balaban J connectivity index is 2.35. The molecule has 2 aromatic rings. The molecule has 0 amide bonds. The molecule has 0 fully saturated rings. The van der Waals surface area contributed by atoms with Gasteiger partial charge in [-0.2, -0.15) is 0 Å². The van der Waals surface area contributed by atoms with Crippen molar-refractivity contribution in [3.05, 3.63) is 60.7 Å². The van der Waals surface area contributed by atoms with Gasteiger partial charge in [0, 0.05) is 18.8 Å². The van der Waals surface area contributed by atoms with Crippen molar-refractivity contribution >= 4 is 11.8 Å². The first-order valence-corrected chi connectivity index (χ1v) is 6.87. The van der Waals surface area contributed by atoms with Crippen LogP contribution >= 0.6 is 0 Å². The summed E-state index contributed by atoms with van der Waals surface area (Å²) in [6, 6.07) is 17.1. The minimum atomic E-state index is 1.04. The molecule has 0 bridgehead atoms. The molecule has 0 aliphatic rings. The first kappa shape index (κ1) is 13.4. The quantitative estimate of drug-likeness (QED) is 0.734. The van der Waals surface area contributed by atoms with Crippen LogP contribution in [0.15, 0.2) is 55.1 Å². The first-order valence-electron chi connectivity index (χ1n) is 6.87. The van der Waals surface area contributed by atoms with Crippen LogP contribution in [0.1, 0.15) is 19.4 Å². The zero-order chi connectivity index (χ0) is 13.7. The summed E-state index contributed by atoms with van der Waals surface area (Å²) < 4.78 is 0. The van der Waals surface area contributed by atoms with E-state index in [9.17, 15) is 0 Å². The van der Waals surface area contributed by atoms with E-state index >= 15 is 0 Å². The van der Waals surface area contributed by atoms with Crippen molar-refractivity contribution in [2.45, 2.75) is 13.8 Å². The maximum absolute atomic E-state index is 3.88. The lowest BCUT2D eigenvalue weighted by Crippen LogP contribution is -2.21. The Morgan fingerprint density at radius 2 is 1.58 bits per heavy atom. The molecule has 1 heteroatoms. The van der Waals surface area contributed by atoms with Gasteiger partial charge in [0.25, 0.3) is 0 Å². The molecule has 0 N–H and O–H groups in total. The number of benzene rings is 2. The van der Waals surface area contributed by atoms with E-state index in [2.05, 4.69) is 67.8 Å². The molecule has 0 aliphatic heterocycles. The standard InChI is InChI=1S/C18H21N/c1-4-15-9-7-8-10-18(15)16-11-13-17(14-12-16)19(5-2)6-3/h4,7-14H,1,5-6H2,2-3H3. The molecule has 0 spiro atoms. The Bertz CT molecular complexity index is 536. The van der Waals surface area contributed by atoms with E-state index in [1.54, 1.807) is 0 Å². The van der Waals surface area contributed by atoms with Gasteiger partial charge >= 0.3 is 0 Å². The molecular formula is C18H21N. The monoisotopic (exact) mass is 251 g/mol. The van der Waals surface area contributed by atoms with E-state index < -0.39 is 0 Å². The summed E-state index contributed by atoms with van der Waals surface area (Å²) in [5, 5.41) is 0. The van der Waals surface area contributed by atoms with Crippen LogP contribution in [0.2, 0.25) is 0 Å². The summed E-state index contributed by atoms with van der Waals surface area (Å²) in [5.74, 6) is 0. The van der Waals surface area contributed by atoms with Gasteiger partial charge in [0.1, 0.15) is 0 Å². The molecule has 0 saturated heterocycles. The molecule has 0 atom stereocenters. The molecular weight excluding hydrogens is 230 g/mol. The number of anilines is 1. The molecule has 0 aliphatic carbocycles. The van der Waals surface area contributed by atoms with Crippen LogP contribution in [0.5, 0.6) is 0 Å². The number of hydrogen-bond acceptors (Lipinski definition) is 1. The zero-order valence-electron chi connectivity index (χ0n) is 11.8. The fourth-order valence-corrected chi connectivity index (χ4v) is 2.38. The average Bonchev–Trinajstić information content (AvgIpc) is 2.49. The fraction of sp³-hybridized carbons (Fsp3) is 0.222. The van der Waals surface area contributed by atoms with E-state index in [4.69, 9.17) is 0 Å². The lowest BCUT2D eigenvalue weighted by Gasteiger charge is -2.21. The topological polar surface area (TPSA) is 3.24 Å². The third-order valence-electron chi connectivity index (χ3n) is 3.49. The van der Waals surface area contributed by atoms with Crippen LogP contribution in [0, 0.1) is 0 Å². The molecule has 0 aromatic heterocycles. The first-order chi connectivity index (χ1) is 9.30. The molecule has 2 aromatic carbocycles. The highest BCUT2D eigenvalue weighted by Crippen LogP contribution is 2.26. The van der Waals surface area contributed by atoms with E-state index in [0.29, 0.717) is 0 Å². The summed E-state index contributed by atoms with van der Waals surface area (Å²) in [4.78, 5) is 2.35. The Morgan fingerprint density at radius 1 is 0.947 bits per heavy atom. The smallest absolute Gasteiger partial charge is 0.0366 e. The highest BCUT2D eigenvalue weighted by atomic mass is 15.1. The third-order valence-corrected chi connectivity index (χ3v) is 3.49. The average molecular weight is 251 g/mol. The molecule has 98 valence electrons. The minimum Gasteiger partial charge on any atom is -0.372 e. The van der Waals surface area contributed by atoms with Gasteiger partial charge in [0.05, 0.1) is 0 Å². The largest absolute Gasteiger partial charge is 0.372 e. The molecule has 19 heavy (non-hydrogen) atoms. The highest BCUT2D eigenvalue weighted by molar-refractivity contribution is 5.75. The summed E-state index contributed by atoms with van der Waals surface area (Å²) in [5.41, 5.74) is 4.94. The summed E-state index contributed by atoms with van der Waals surface area (Å²) in [7, 11) is 0. The SMILES string of the molecule is C=Cc1ccccc1-c1ccc(N(CC)CC)cc1. The van der Waals surface area contributed by atoms with Crippen molar-refractivity contribution in [1.82, 2.24) is 0 Å². The lowest BCUT2D eigenvalue weighted by atomic mass is 9.99. The van der Waals surface area contributed by atoms with Gasteiger partial charge in [0.2, 0.25) is 0 Å². The normalized spacial score (nSPS) is 10.2. The minimum absolute atomic E-state index is 1.04. The summed E-state index contributed by atoms with van der Waals surface area (Å²) in [6.07, 6.45) is 1.91. The van der Waals surface area contributed by atoms with Gasteiger partial charge in [0.15, 0.2) is 0 Å². The second-order valence-corrected chi connectivity index (χ2v) is 4.51. The third kappa shape index (κ3) is 2.87. The number of nitrogens with zero attached hydrogens (tertiary/aromatic N) is 1. The van der Waals surface area contributed by atoms with E-state index in [1.807, 2.05) is 12.1 Å². The van der Waals surface area contributed by atoms with E-state index in [1.165, 1.54) is 22.4 Å². The van der Waals surface area contributed by atoms with Crippen molar-refractivity contribution in [2.24, 2.45) is 0 Å². The number of hydrogen-bond donors (Lipinski definition) is 0. The lowest BCUT2D eigenvalue weighted by molar-refractivity contribution is 0.866. The number of rotatable bonds is 5. The van der Waals surface area contributed by atoms with Crippen LogP contribution in [0.25, 0.3) is 17.2 Å². The Hall–Kier alpha value is -2.02. The van der Waals surface area contributed by atoms with Gasteiger partial charge < -0.3 is 4.90 Å². The molecule has 0 unspecified atom stereocenters. The fourth-order valence-electron chi connectivity index (χ4n) is 2.38. The van der Waals surface area contributed by atoms with Gasteiger partial charge in [-0.15, -0.1) is 0 Å². The van der Waals surface area contributed by atoms with Crippen LogP contribution in [0.4, 0.5) is 5.69 Å². The second-order valence-electron chi connectivity index (χ2n) is 4.51. The zero-order valence-corrected chi connectivity index (χ0v) is 11.8. The maximum atomic E-state index is 3.88. The van der Waals surface area contributed by atoms with Gasteiger partial charge in [-0.05, 0) is 42.7 Å². The van der Waals surface area contributed by atoms with Gasteiger partial charge in [-0.1, -0.05) is 49.1 Å². The van der Waals surface area contributed by atoms with Gasteiger partial charge in [-0.25, -0.2) is 0 Å². The van der Waals surface area contributed by atoms with Crippen LogP contribution in [0.3, 0.4) is 0 Å². The Kier molecular flexibility index (Phi) is 4.40. The van der Waals surface area contributed by atoms with Crippen molar-refractivity contribution in [2.75, 3.05) is 18.0 Å². The Labute approximate surface area is 116 Å².